The zero-order valence-corrected chi connectivity index (χ0v) is 10.0. The monoisotopic (exact) mass is 242 g/mol. The molecule has 0 bridgehead atoms. The van der Waals surface area contributed by atoms with Crippen LogP contribution in [-0.2, 0) is 22.4 Å². The van der Waals surface area contributed by atoms with Gasteiger partial charge in [-0.15, -0.1) is 11.3 Å². The van der Waals surface area contributed by atoms with Crippen molar-refractivity contribution in [1.82, 2.24) is 10.3 Å². The first-order valence-corrected chi connectivity index (χ1v) is 5.86. The molecule has 0 aromatic carbocycles. The van der Waals surface area contributed by atoms with E-state index in [1.54, 1.807) is 0 Å². The van der Waals surface area contributed by atoms with Crippen molar-refractivity contribution < 1.29 is 14.7 Å². The Bertz CT molecular complexity index is 389. The molecule has 1 aromatic rings. The Morgan fingerprint density at radius 3 is 2.81 bits per heavy atom. The topological polar surface area (TPSA) is 79.3 Å². The third kappa shape index (κ3) is 3.62. The van der Waals surface area contributed by atoms with E-state index in [-0.39, 0.29) is 12.3 Å². The predicted molar refractivity (Wildman–Crippen MR) is 60.4 cm³/mol. The number of aryl methyl sites for hydroxylation is 1. The van der Waals surface area contributed by atoms with Crippen molar-refractivity contribution in [1.29, 1.82) is 0 Å². The molecule has 16 heavy (non-hydrogen) atoms. The number of aliphatic carboxylic acids is 1. The fourth-order valence-corrected chi connectivity index (χ4v) is 1.86. The largest absolute Gasteiger partial charge is 0.480 e. The number of carbonyl (C=O) groups excluding carboxylic acids is 1. The second-order valence-electron chi connectivity index (χ2n) is 3.39. The summed E-state index contributed by atoms with van der Waals surface area (Å²) < 4.78 is 0. The van der Waals surface area contributed by atoms with Crippen molar-refractivity contribution in [2.75, 3.05) is 0 Å². The molecule has 0 saturated heterocycles. The zero-order valence-electron chi connectivity index (χ0n) is 9.19. The van der Waals surface area contributed by atoms with Gasteiger partial charge in [-0.2, -0.15) is 0 Å². The summed E-state index contributed by atoms with van der Waals surface area (Å²) in [5, 5.41) is 13.8. The maximum atomic E-state index is 11.4. The van der Waals surface area contributed by atoms with E-state index in [4.69, 9.17) is 5.11 Å². The first kappa shape index (κ1) is 12.6. The van der Waals surface area contributed by atoms with Gasteiger partial charge in [0.15, 0.2) is 0 Å². The van der Waals surface area contributed by atoms with Gasteiger partial charge in [0.2, 0.25) is 5.91 Å². The fraction of sp³-hybridized carbons (Fsp3) is 0.500. The molecule has 0 aliphatic heterocycles. The van der Waals surface area contributed by atoms with E-state index in [1.165, 1.54) is 18.3 Å². The van der Waals surface area contributed by atoms with Gasteiger partial charge in [0.05, 0.1) is 17.1 Å². The normalized spacial score (nSPS) is 12.1. The Kier molecular flexibility index (Phi) is 4.42. The minimum atomic E-state index is -1.04. The molecule has 1 unspecified atom stereocenters. The third-order valence-electron chi connectivity index (χ3n) is 1.99. The minimum absolute atomic E-state index is 0.133. The molecule has 0 spiro atoms. The molecule has 2 N–H and O–H groups in total. The van der Waals surface area contributed by atoms with E-state index >= 15 is 0 Å². The van der Waals surface area contributed by atoms with Crippen molar-refractivity contribution in [2.24, 2.45) is 0 Å². The van der Waals surface area contributed by atoms with Gasteiger partial charge in [0.1, 0.15) is 6.04 Å². The number of carboxylic acids is 1. The van der Waals surface area contributed by atoms with Gasteiger partial charge in [-0.05, 0) is 13.3 Å². The van der Waals surface area contributed by atoms with Crippen LogP contribution in [0.3, 0.4) is 0 Å². The summed E-state index contributed by atoms with van der Waals surface area (Å²) in [6.07, 6.45) is 0.978. The van der Waals surface area contributed by atoms with Crippen LogP contribution in [0.4, 0.5) is 0 Å². The molecular weight excluding hydrogens is 228 g/mol. The highest BCUT2D eigenvalue weighted by Crippen LogP contribution is 2.10. The van der Waals surface area contributed by atoms with Gasteiger partial charge in [0.25, 0.3) is 0 Å². The molecule has 88 valence electrons. The summed E-state index contributed by atoms with van der Waals surface area (Å²) in [4.78, 5) is 26.2. The number of rotatable bonds is 5. The molecule has 0 saturated carbocycles. The van der Waals surface area contributed by atoms with E-state index in [9.17, 15) is 9.59 Å². The number of hydrogen-bond acceptors (Lipinski definition) is 4. The first-order chi connectivity index (χ1) is 7.52. The van der Waals surface area contributed by atoms with Crippen LogP contribution in [0, 0.1) is 0 Å². The maximum Gasteiger partial charge on any atom is 0.325 e. The highest BCUT2D eigenvalue weighted by atomic mass is 32.1. The Balaban J connectivity index is 2.48. The van der Waals surface area contributed by atoms with E-state index in [1.807, 2.05) is 12.3 Å². The van der Waals surface area contributed by atoms with Gasteiger partial charge in [0, 0.05) is 5.38 Å². The summed E-state index contributed by atoms with van der Waals surface area (Å²) in [5.41, 5.74) is 0.692. The number of nitrogens with zero attached hydrogens (tertiary/aromatic N) is 1. The molecule has 5 nitrogen and oxygen atoms in total. The molecule has 1 rings (SSSR count). The molecule has 0 aliphatic rings. The molecule has 1 aromatic heterocycles. The first-order valence-electron chi connectivity index (χ1n) is 4.98. The Morgan fingerprint density at radius 2 is 2.31 bits per heavy atom. The van der Waals surface area contributed by atoms with Crippen LogP contribution >= 0.6 is 11.3 Å². The van der Waals surface area contributed by atoms with Crippen LogP contribution in [-0.4, -0.2) is 28.0 Å². The van der Waals surface area contributed by atoms with Crippen LogP contribution in [0.1, 0.15) is 24.5 Å². The number of nitrogens with one attached hydrogen (secondary N) is 1. The Labute approximate surface area is 97.5 Å². The quantitative estimate of drug-likeness (QED) is 0.801. The smallest absolute Gasteiger partial charge is 0.325 e. The van der Waals surface area contributed by atoms with Crippen LogP contribution in [0.15, 0.2) is 5.38 Å². The molecule has 1 amide bonds. The van der Waals surface area contributed by atoms with E-state index in [0.29, 0.717) is 5.69 Å². The maximum absolute atomic E-state index is 11.4. The van der Waals surface area contributed by atoms with E-state index < -0.39 is 12.0 Å². The molecular formula is C10H14N2O3S. The van der Waals surface area contributed by atoms with Crippen molar-refractivity contribution >= 4 is 23.2 Å². The number of aromatic nitrogens is 1. The molecule has 0 aliphatic carbocycles. The standard InChI is InChI=1S/C10H14N2O3S/c1-3-9-12-7(5-16-9)4-8(13)11-6(2)10(14)15/h5-6H,3-4H2,1-2H3,(H,11,13)(H,14,15). The highest BCUT2D eigenvalue weighted by Gasteiger charge is 2.14. The predicted octanol–water partition coefficient (Wildman–Crippen LogP) is 0.837. The van der Waals surface area contributed by atoms with Gasteiger partial charge in [-0.3, -0.25) is 9.59 Å². The van der Waals surface area contributed by atoms with Crippen LogP contribution in [0.2, 0.25) is 0 Å². The summed E-state index contributed by atoms with van der Waals surface area (Å²) >= 11 is 1.51. The van der Waals surface area contributed by atoms with Crippen molar-refractivity contribution in [2.45, 2.75) is 32.7 Å². The molecule has 0 radical (unpaired) electrons. The van der Waals surface area contributed by atoms with Crippen LogP contribution < -0.4 is 5.32 Å². The van der Waals surface area contributed by atoms with Crippen LogP contribution in [0.5, 0.6) is 0 Å². The lowest BCUT2D eigenvalue weighted by Gasteiger charge is -2.07. The SMILES string of the molecule is CCc1nc(CC(=O)NC(C)C(=O)O)cs1. The van der Waals surface area contributed by atoms with Gasteiger partial charge < -0.3 is 10.4 Å². The molecule has 1 atom stereocenters. The lowest BCUT2D eigenvalue weighted by molar-refractivity contribution is -0.141. The summed E-state index contributed by atoms with van der Waals surface area (Å²) in [6, 6.07) is -0.864. The summed E-state index contributed by atoms with van der Waals surface area (Å²) in [5.74, 6) is -1.36. The average Bonchev–Trinajstić information content (AvgIpc) is 2.65. The number of carbonyl (C=O) groups is 2. The van der Waals surface area contributed by atoms with Gasteiger partial charge >= 0.3 is 5.97 Å². The molecule has 0 fully saturated rings. The average molecular weight is 242 g/mol. The van der Waals surface area contributed by atoms with Gasteiger partial charge in [-0.1, -0.05) is 6.92 Å². The van der Waals surface area contributed by atoms with Crippen molar-refractivity contribution in [3.8, 4) is 0 Å². The summed E-state index contributed by atoms with van der Waals surface area (Å²) in [6.45, 7) is 3.42. The Hall–Kier alpha value is -1.43. The number of hydrogen-bond donors (Lipinski definition) is 2. The molecule has 1 heterocycles. The lowest BCUT2D eigenvalue weighted by Crippen LogP contribution is -2.39. The lowest BCUT2D eigenvalue weighted by atomic mass is 10.3. The van der Waals surface area contributed by atoms with Gasteiger partial charge in [-0.25, -0.2) is 4.98 Å². The van der Waals surface area contributed by atoms with Crippen molar-refractivity contribution in [3.05, 3.63) is 16.1 Å². The minimum Gasteiger partial charge on any atom is -0.480 e. The highest BCUT2D eigenvalue weighted by molar-refractivity contribution is 7.09. The number of carboxylic acid groups (broad SMARTS) is 1. The Morgan fingerprint density at radius 1 is 1.62 bits per heavy atom. The molecule has 6 heteroatoms. The zero-order chi connectivity index (χ0) is 12.1. The van der Waals surface area contributed by atoms with Crippen LogP contribution in [0.25, 0.3) is 0 Å². The van der Waals surface area contributed by atoms with Crippen molar-refractivity contribution in [3.63, 3.8) is 0 Å². The number of thiazole rings is 1. The fourth-order valence-electron chi connectivity index (χ4n) is 1.11. The second kappa shape index (κ2) is 5.60. The number of amides is 1. The second-order valence-corrected chi connectivity index (χ2v) is 4.33. The summed E-state index contributed by atoms with van der Waals surface area (Å²) in [7, 11) is 0. The third-order valence-corrected chi connectivity index (χ3v) is 3.03. The van der Waals surface area contributed by atoms with E-state index in [0.717, 1.165) is 11.4 Å². The van der Waals surface area contributed by atoms with E-state index in [2.05, 4.69) is 10.3 Å².